The topological polar surface area (TPSA) is 78.8 Å². The minimum atomic E-state index is -0.239. The molecule has 7 heteroatoms. The van der Waals surface area contributed by atoms with Crippen molar-refractivity contribution < 1.29 is 4.79 Å². The fraction of sp³-hybridized carbons (Fsp3) is 0.321. The second-order valence-electron chi connectivity index (χ2n) is 8.84. The van der Waals surface area contributed by atoms with E-state index >= 15 is 0 Å². The zero-order valence-electron chi connectivity index (χ0n) is 20.4. The van der Waals surface area contributed by atoms with Crippen molar-refractivity contribution in [1.82, 2.24) is 14.8 Å². The Morgan fingerprint density at radius 1 is 1.20 bits per heavy atom. The largest absolute Gasteiger partial charge is 0.397 e. The van der Waals surface area contributed by atoms with Gasteiger partial charge in [0.05, 0.1) is 23.6 Å². The molecule has 1 aromatic heterocycles. The average molecular weight is 469 g/mol. The number of carbonyl (C=O) groups is 1. The lowest BCUT2D eigenvalue weighted by molar-refractivity contribution is 0.102. The quantitative estimate of drug-likeness (QED) is 0.357. The van der Waals surface area contributed by atoms with Gasteiger partial charge < -0.3 is 11.1 Å². The molecule has 0 spiro atoms. The van der Waals surface area contributed by atoms with Crippen LogP contribution in [-0.4, -0.2) is 52.9 Å². The van der Waals surface area contributed by atoms with E-state index in [-0.39, 0.29) is 5.91 Å². The van der Waals surface area contributed by atoms with Crippen LogP contribution in [0.15, 0.2) is 60.8 Å². The molecule has 0 saturated carbocycles. The number of nitrogens with one attached hydrogen (secondary N) is 1. The van der Waals surface area contributed by atoms with Gasteiger partial charge in [-0.3, -0.25) is 19.6 Å². The number of likely N-dealkylation sites (tertiary alicyclic amines) is 1. The maximum absolute atomic E-state index is 12.6. The Bertz CT molecular complexity index is 1210. The van der Waals surface area contributed by atoms with Crippen molar-refractivity contribution in [2.75, 3.05) is 37.2 Å². The third kappa shape index (κ3) is 5.68. The summed E-state index contributed by atoms with van der Waals surface area (Å²) in [5.74, 6) is -0.239. The van der Waals surface area contributed by atoms with Crippen LogP contribution < -0.4 is 11.1 Å². The van der Waals surface area contributed by atoms with Crippen LogP contribution in [0.2, 0.25) is 0 Å². The number of anilines is 2. The number of nitrogen functional groups attached to an aromatic ring is 1. The summed E-state index contributed by atoms with van der Waals surface area (Å²) < 4.78 is 0. The summed E-state index contributed by atoms with van der Waals surface area (Å²) in [5.41, 5.74) is 10.5. The number of rotatable bonds is 8. The van der Waals surface area contributed by atoms with Gasteiger partial charge in [0.1, 0.15) is 0 Å². The van der Waals surface area contributed by atoms with Gasteiger partial charge in [0, 0.05) is 37.4 Å². The number of carbonyl (C=O) groups excluding carboxylic acids is 1. The second kappa shape index (κ2) is 11.1. The molecule has 2 aromatic carbocycles. The molecule has 3 aromatic rings. The molecular weight excluding hydrogens is 436 g/mol. The number of para-hydroxylation sites is 2. The van der Waals surface area contributed by atoms with Gasteiger partial charge >= 0.3 is 0 Å². The number of aromatic nitrogens is 1. The van der Waals surface area contributed by atoms with Crippen molar-refractivity contribution in [3.63, 3.8) is 0 Å². The van der Waals surface area contributed by atoms with Crippen molar-refractivity contribution >= 4 is 23.0 Å². The minimum Gasteiger partial charge on any atom is -0.397 e. The van der Waals surface area contributed by atoms with Crippen LogP contribution in [0.4, 0.5) is 17.1 Å². The number of hydrogen-bond acceptors (Lipinski definition) is 5. The van der Waals surface area contributed by atoms with E-state index in [4.69, 9.17) is 12.3 Å². The van der Waals surface area contributed by atoms with E-state index in [1.165, 1.54) is 6.42 Å². The highest BCUT2D eigenvalue weighted by atomic mass is 16.1. The Morgan fingerprint density at radius 3 is 2.63 bits per heavy atom. The van der Waals surface area contributed by atoms with E-state index < -0.39 is 0 Å². The second-order valence-corrected chi connectivity index (χ2v) is 8.84. The Hall–Kier alpha value is -3.73. The maximum Gasteiger partial charge on any atom is 0.255 e. The van der Waals surface area contributed by atoms with Gasteiger partial charge in [0.25, 0.3) is 5.91 Å². The monoisotopic (exact) mass is 468 g/mol. The van der Waals surface area contributed by atoms with Gasteiger partial charge in [-0.1, -0.05) is 38.1 Å². The zero-order valence-corrected chi connectivity index (χ0v) is 20.4. The fourth-order valence-electron chi connectivity index (χ4n) is 4.73. The van der Waals surface area contributed by atoms with E-state index in [1.807, 2.05) is 36.5 Å². The lowest BCUT2D eigenvalue weighted by Crippen LogP contribution is -2.37. The summed E-state index contributed by atoms with van der Waals surface area (Å²) >= 11 is 0. The van der Waals surface area contributed by atoms with Crippen molar-refractivity contribution in [2.45, 2.75) is 32.9 Å². The van der Waals surface area contributed by atoms with Gasteiger partial charge in [-0.05, 0) is 61.0 Å². The predicted octanol–water partition coefficient (Wildman–Crippen LogP) is 5.05. The maximum atomic E-state index is 12.6. The number of amides is 1. The first kappa shape index (κ1) is 24.4. The summed E-state index contributed by atoms with van der Waals surface area (Å²) in [4.78, 5) is 26.0. The highest BCUT2D eigenvalue weighted by Gasteiger charge is 2.26. The molecule has 35 heavy (non-hydrogen) atoms. The molecule has 7 nitrogen and oxygen atoms in total. The molecule has 2 heterocycles. The van der Waals surface area contributed by atoms with E-state index in [1.54, 1.807) is 24.3 Å². The van der Waals surface area contributed by atoms with E-state index in [9.17, 15) is 4.79 Å². The van der Waals surface area contributed by atoms with Crippen LogP contribution in [-0.2, 0) is 6.54 Å². The van der Waals surface area contributed by atoms with Crippen LogP contribution in [0.1, 0.15) is 36.2 Å². The van der Waals surface area contributed by atoms with Crippen molar-refractivity contribution in [3.05, 3.63) is 83.3 Å². The highest BCUT2D eigenvalue weighted by Crippen LogP contribution is 2.30. The van der Waals surface area contributed by atoms with Crippen LogP contribution in [0.25, 0.3) is 16.1 Å². The van der Waals surface area contributed by atoms with Crippen LogP contribution in [0.3, 0.4) is 0 Å². The molecule has 0 aliphatic carbocycles. The lowest BCUT2D eigenvalue weighted by atomic mass is 10.1. The first-order valence-corrected chi connectivity index (χ1v) is 12.1. The molecule has 4 rings (SSSR count). The molecule has 1 amide bonds. The molecule has 1 aliphatic rings. The summed E-state index contributed by atoms with van der Waals surface area (Å²) in [6, 6.07) is 16.8. The van der Waals surface area contributed by atoms with Crippen molar-refractivity contribution in [2.24, 2.45) is 0 Å². The number of likely N-dealkylation sites (N-methyl/N-ethyl adjacent to an activating group) is 1. The van der Waals surface area contributed by atoms with Crippen molar-refractivity contribution in [3.8, 4) is 11.3 Å². The molecule has 1 saturated heterocycles. The third-order valence-electron chi connectivity index (χ3n) is 6.66. The Morgan fingerprint density at radius 2 is 1.94 bits per heavy atom. The predicted molar refractivity (Wildman–Crippen MR) is 141 cm³/mol. The van der Waals surface area contributed by atoms with Gasteiger partial charge in [-0.15, -0.1) is 0 Å². The number of nitrogens with zero attached hydrogens (tertiary/aromatic N) is 4. The third-order valence-corrected chi connectivity index (χ3v) is 6.66. The fourth-order valence-corrected chi connectivity index (χ4v) is 4.73. The molecule has 1 aliphatic heterocycles. The number of benzene rings is 2. The summed E-state index contributed by atoms with van der Waals surface area (Å²) in [7, 11) is 0. The normalized spacial score (nSPS) is 15.8. The molecule has 180 valence electrons. The van der Waals surface area contributed by atoms with E-state index in [2.05, 4.69) is 38.8 Å². The van der Waals surface area contributed by atoms with Gasteiger partial charge in [-0.25, -0.2) is 4.85 Å². The summed E-state index contributed by atoms with van der Waals surface area (Å²) in [6.07, 6.45) is 3.05. The van der Waals surface area contributed by atoms with Gasteiger partial charge in [0.2, 0.25) is 5.69 Å². The summed E-state index contributed by atoms with van der Waals surface area (Å²) in [5, 5.41) is 2.83. The van der Waals surface area contributed by atoms with Crippen molar-refractivity contribution in [1.29, 1.82) is 0 Å². The number of pyridine rings is 1. The molecule has 1 unspecified atom stereocenters. The average Bonchev–Trinajstić information content (AvgIpc) is 3.34. The lowest BCUT2D eigenvalue weighted by Gasteiger charge is -2.26. The van der Waals surface area contributed by atoms with Crippen LogP contribution >= 0.6 is 0 Å². The Balaban J connectivity index is 1.44. The van der Waals surface area contributed by atoms with Gasteiger partial charge in [-0.2, -0.15) is 0 Å². The highest BCUT2D eigenvalue weighted by molar-refractivity contribution is 6.06. The van der Waals surface area contributed by atoms with E-state index in [0.29, 0.717) is 34.4 Å². The van der Waals surface area contributed by atoms with Crippen LogP contribution in [0, 0.1) is 6.57 Å². The zero-order chi connectivity index (χ0) is 24.8. The number of hydrogen-bond donors (Lipinski definition) is 2. The Labute approximate surface area is 207 Å². The molecule has 3 N–H and O–H groups in total. The first-order chi connectivity index (χ1) is 17.0. The molecule has 1 fully saturated rings. The molecule has 0 radical (unpaired) electrons. The van der Waals surface area contributed by atoms with Crippen LogP contribution in [0.5, 0.6) is 0 Å². The minimum absolute atomic E-state index is 0.239. The van der Waals surface area contributed by atoms with E-state index in [0.717, 1.165) is 43.9 Å². The standard InChI is InChI=1S/C28H32N6O/c1-4-34(5-2)23-14-15-33(19-23)18-20-16-26(30-3)27(31-17-20)21-10-12-22(13-11-21)28(35)32-25-9-7-6-8-24(25)29/h6-13,16-17,23H,4-5,14-15,18-19,29H2,1-2H3,(H,32,35). The molecule has 1 atom stereocenters. The Kier molecular flexibility index (Phi) is 7.76. The summed E-state index contributed by atoms with van der Waals surface area (Å²) in [6.45, 7) is 17.2. The SMILES string of the molecule is [C-]#[N+]c1cc(CN2CCC(N(CC)CC)C2)cnc1-c1ccc(C(=O)Nc2ccccc2N)cc1. The van der Waals surface area contributed by atoms with Gasteiger partial charge in [0.15, 0.2) is 0 Å². The first-order valence-electron chi connectivity index (χ1n) is 12.1. The molecular formula is C28H32N6O. The molecule has 0 bridgehead atoms. The smallest absolute Gasteiger partial charge is 0.255 e. The number of nitrogens with two attached hydrogens (primary N) is 1.